The Kier molecular flexibility index (Phi) is 15.3. The Hall–Kier alpha value is -6.86. The number of non-ortho nitro benzene ring substituents is 1. The van der Waals surface area contributed by atoms with E-state index in [0.29, 0.717) is 76.5 Å². The Morgan fingerprint density at radius 2 is 1.73 bits per heavy atom. The number of nitro groups is 1. The number of aldehydes is 1. The van der Waals surface area contributed by atoms with Crippen molar-refractivity contribution < 1.29 is 48.5 Å². The lowest BCUT2D eigenvalue weighted by Crippen LogP contribution is -2.69. The number of nitro benzene ring substituents is 1. The van der Waals surface area contributed by atoms with Crippen molar-refractivity contribution in [2.75, 3.05) is 34.0 Å². The average molecular weight is 899 g/mol. The monoisotopic (exact) mass is 898 g/mol. The van der Waals surface area contributed by atoms with Crippen LogP contribution in [0.1, 0.15) is 88.3 Å². The van der Waals surface area contributed by atoms with Crippen molar-refractivity contribution in [3.8, 4) is 29.1 Å². The molecule has 1 fully saturated rings. The van der Waals surface area contributed by atoms with Crippen LogP contribution in [0.2, 0.25) is 0 Å². The molecule has 1 amide bonds. The molecular formula is C51H54N4O11. The van der Waals surface area contributed by atoms with Crippen LogP contribution >= 0.6 is 0 Å². The molecule has 15 nitrogen and oxygen atoms in total. The van der Waals surface area contributed by atoms with Crippen LogP contribution in [0.5, 0.6) is 23.0 Å². The standard InChI is InChI=1S/C51H54N4O11/c1-4-25-63-51-47(54(2)50(59)35-15-11-33(30-52)12-16-35)29-44(53-64-32-34-13-17-38(18-14-34)55(60)61)42-27-36(9-5-7-23-56)41(10-6-8-24-57)48(49(42)51)43-28-40(20-22-46(43)66-51)65-39-19-21-45(62-3)37(26-39)31-58/h4,11-22,26-28,31,36,41,47-49,56-57H,1,5-10,23-25,29,32H2,2-3H3. The molecular weight excluding hydrogens is 845 g/mol. The van der Waals surface area contributed by atoms with Gasteiger partial charge in [0.15, 0.2) is 6.29 Å². The molecule has 344 valence electrons. The lowest BCUT2D eigenvalue weighted by molar-refractivity contribution is -0.384. The minimum atomic E-state index is -1.52. The SMILES string of the molecule is C=CCOC12Oc3ccc(Oc4ccc(OC)c(C=O)c4)cc3C3C(CCCCO)C(CCCCO)C=C(C(=NOCc4ccc([N+](=O)[O-])cc4)CC1N(C)C(=O)c1ccc(C#N)cc1)C32. The van der Waals surface area contributed by atoms with Crippen LogP contribution in [0.3, 0.4) is 0 Å². The molecule has 0 bridgehead atoms. The van der Waals surface area contributed by atoms with Gasteiger partial charge in [-0.15, -0.1) is 6.58 Å². The molecule has 0 spiro atoms. The van der Waals surface area contributed by atoms with Crippen molar-refractivity contribution in [3.05, 3.63) is 147 Å². The first-order valence-corrected chi connectivity index (χ1v) is 22.1. The Labute approximate surface area is 383 Å². The highest BCUT2D eigenvalue weighted by atomic mass is 16.7. The third-order valence-electron chi connectivity index (χ3n) is 12.8. The second-order valence-corrected chi connectivity index (χ2v) is 16.7. The van der Waals surface area contributed by atoms with Gasteiger partial charge >= 0.3 is 0 Å². The fraction of sp³-hybridized carbons (Fsp3) is 0.373. The number of allylic oxidation sites excluding steroid dienone is 1. The zero-order valence-corrected chi connectivity index (χ0v) is 37.0. The van der Waals surface area contributed by atoms with Gasteiger partial charge in [0.1, 0.15) is 35.6 Å². The van der Waals surface area contributed by atoms with E-state index in [-0.39, 0.29) is 62.2 Å². The molecule has 4 aromatic carbocycles. The van der Waals surface area contributed by atoms with Crippen molar-refractivity contribution in [2.24, 2.45) is 22.9 Å². The Bertz CT molecular complexity index is 2500. The Morgan fingerprint density at radius 1 is 1.02 bits per heavy atom. The number of nitrogens with zero attached hydrogens (tertiary/aromatic N) is 4. The van der Waals surface area contributed by atoms with Gasteiger partial charge in [0.2, 0.25) is 5.79 Å². The number of aliphatic hydroxyl groups excluding tert-OH is 2. The second-order valence-electron chi connectivity index (χ2n) is 16.7. The number of methoxy groups -OCH3 is 1. The van der Waals surface area contributed by atoms with E-state index >= 15 is 0 Å². The van der Waals surface area contributed by atoms with Crippen LogP contribution < -0.4 is 14.2 Å². The van der Waals surface area contributed by atoms with E-state index in [1.807, 2.05) is 12.1 Å². The smallest absolute Gasteiger partial charge is 0.269 e. The number of unbranched alkanes of at least 4 members (excludes halogenated alkanes) is 2. The van der Waals surface area contributed by atoms with E-state index in [9.17, 15) is 35.2 Å². The van der Waals surface area contributed by atoms with Crippen molar-refractivity contribution in [3.63, 3.8) is 0 Å². The first kappa shape index (κ1) is 47.1. The Balaban J connectivity index is 1.41. The fourth-order valence-electron chi connectivity index (χ4n) is 9.73. The van der Waals surface area contributed by atoms with Crippen molar-refractivity contribution >= 4 is 23.6 Å². The number of benzene rings is 4. The molecule has 15 heteroatoms. The molecule has 2 aliphatic carbocycles. The van der Waals surface area contributed by atoms with Gasteiger partial charge in [-0.1, -0.05) is 30.1 Å². The van der Waals surface area contributed by atoms with Gasteiger partial charge in [0.25, 0.3) is 11.6 Å². The summed E-state index contributed by atoms with van der Waals surface area (Å²) in [6.07, 6.45) is 8.82. The zero-order chi connectivity index (χ0) is 46.8. The largest absolute Gasteiger partial charge is 0.496 e. The number of amides is 1. The molecule has 4 aromatic rings. The molecule has 0 saturated heterocycles. The number of carbonyl (C=O) groups is 2. The normalized spacial score (nSPS) is 22.1. The maximum atomic E-state index is 14.6. The molecule has 0 radical (unpaired) electrons. The molecule has 1 saturated carbocycles. The van der Waals surface area contributed by atoms with Gasteiger partial charge in [-0.05, 0) is 121 Å². The summed E-state index contributed by atoms with van der Waals surface area (Å²) >= 11 is 0. The first-order chi connectivity index (χ1) is 32.1. The minimum Gasteiger partial charge on any atom is -0.496 e. The van der Waals surface area contributed by atoms with Gasteiger partial charge in [-0.25, -0.2) is 0 Å². The number of rotatable bonds is 21. The number of oxime groups is 1. The minimum absolute atomic E-state index is 0.00653. The molecule has 0 aromatic heterocycles. The molecule has 6 atom stereocenters. The van der Waals surface area contributed by atoms with E-state index in [2.05, 4.69) is 18.7 Å². The van der Waals surface area contributed by atoms with Crippen LogP contribution in [0.4, 0.5) is 5.69 Å². The molecule has 2 N–H and O–H groups in total. The number of carbonyl (C=O) groups excluding carboxylic acids is 2. The second kappa shape index (κ2) is 21.4. The summed E-state index contributed by atoms with van der Waals surface area (Å²) in [5.41, 5.74) is 3.91. The number of ether oxygens (including phenoxy) is 4. The summed E-state index contributed by atoms with van der Waals surface area (Å²) in [5.74, 6) is -1.06. The van der Waals surface area contributed by atoms with E-state index in [1.54, 1.807) is 78.7 Å². The predicted octanol–water partition coefficient (Wildman–Crippen LogP) is 8.69. The van der Waals surface area contributed by atoms with E-state index in [4.69, 9.17) is 28.9 Å². The number of likely N-dealkylation sites (N-methyl/N-ethyl adjacent to an activating group) is 1. The fourth-order valence-corrected chi connectivity index (χ4v) is 9.73. The average Bonchev–Trinajstić information content (AvgIpc) is 3.34. The molecule has 1 heterocycles. The highest BCUT2D eigenvalue weighted by molar-refractivity contribution is 6.03. The van der Waals surface area contributed by atoms with Crippen LogP contribution in [-0.2, 0) is 16.2 Å². The highest BCUT2D eigenvalue weighted by Gasteiger charge is 2.65. The van der Waals surface area contributed by atoms with Crippen LogP contribution in [-0.4, -0.2) is 83.7 Å². The maximum Gasteiger partial charge on any atom is 0.269 e. The summed E-state index contributed by atoms with van der Waals surface area (Å²) in [6.45, 7) is 4.13. The zero-order valence-electron chi connectivity index (χ0n) is 37.0. The molecule has 1 aliphatic heterocycles. The van der Waals surface area contributed by atoms with E-state index in [1.165, 1.54) is 19.2 Å². The van der Waals surface area contributed by atoms with Gasteiger partial charge in [-0.3, -0.25) is 19.7 Å². The summed E-state index contributed by atoms with van der Waals surface area (Å²) in [6, 6.07) is 24.3. The van der Waals surface area contributed by atoms with E-state index in [0.717, 1.165) is 30.4 Å². The summed E-state index contributed by atoms with van der Waals surface area (Å²) in [7, 11) is 3.19. The van der Waals surface area contributed by atoms with Crippen LogP contribution in [0.25, 0.3) is 0 Å². The predicted molar refractivity (Wildman–Crippen MR) is 245 cm³/mol. The van der Waals surface area contributed by atoms with Gasteiger partial charge in [0.05, 0.1) is 47.5 Å². The topological polar surface area (TPSA) is 203 Å². The van der Waals surface area contributed by atoms with Gasteiger partial charge in [0, 0.05) is 55.9 Å². The van der Waals surface area contributed by atoms with Gasteiger partial charge < -0.3 is 38.9 Å². The summed E-state index contributed by atoms with van der Waals surface area (Å²) in [5, 5.41) is 45.6. The molecule has 7 rings (SSSR count). The number of hydrogen-bond donors (Lipinski definition) is 2. The first-order valence-electron chi connectivity index (χ1n) is 22.1. The third-order valence-corrected chi connectivity index (χ3v) is 12.8. The highest BCUT2D eigenvalue weighted by Crippen LogP contribution is 2.62. The van der Waals surface area contributed by atoms with Gasteiger partial charge in [-0.2, -0.15) is 5.26 Å². The van der Waals surface area contributed by atoms with Crippen LogP contribution in [0.15, 0.2) is 114 Å². The molecule has 6 unspecified atom stereocenters. The maximum absolute atomic E-state index is 14.6. The van der Waals surface area contributed by atoms with Crippen molar-refractivity contribution in [1.82, 2.24) is 4.90 Å². The number of aliphatic hydroxyl groups is 2. The number of nitriles is 1. The molecule has 3 aliphatic rings. The van der Waals surface area contributed by atoms with E-state index < -0.39 is 22.7 Å². The quantitative estimate of drug-likeness (QED) is 0.0265. The Morgan fingerprint density at radius 3 is 2.39 bits per heavy atom. The van der Waals surface area contributed by atoms with Crippen LogP contribution in [0, 0.1) is 39.2 Å². The van der Waals surface area contributed by atoms with Crippen molar-refractivity contribution in [2.45, 2.75) is 69.3 Å². The third kappa shape index (κ3) is 9.86. The number of fused-ring (bicyclic) bond motifs is 2. The number of hydrogen-bond acceptors (Lipinski definition) is 13. The summed E-state index contributed by atoms with van der Waals surface area (Å²) in [4.78, 5) is 45.2. The lowest BCUT2D eigenvalue weighted by Gasteiger charge is -2.59. The summed E-state index contributed by atoms with van der Waals surface area (Å²) < 4.78 is 26.0. The molecule has 66 heavy (non-hydrogen) atoms. The lowest BCUT2D eigenvalue weighted by atomic mass is 9.55. The van der Waals surface area contributed by atoms with Crippen molar-refractivity contribution in [1.29, 1.82) is 5.26 Å².